The maximum Gasteiger partial charge on any atom is 0.302 e. The molecule has 2 nitrogen and oxygen atoms in total. The topological polar surface area (TPSA) is 26.3 Å². The highest BCUT2D eigenvalue weighted by atomic mass is 16.5. The Balaban J connectivity index is 2.22. The summed E-state index contributed by atoms with van der Waals surface area (Å²) >= 11 is 0. The van der Waals surface area contributed by atoms with Gasteiger partial charge >= 0.3 is 5.97 Å². The maximum atomic E-state index is 10.8. The third kappa shape index (κ3) is 4.15. The lowest BCUT2D eigenvalue weighted by atomic mass is 9.86. The minimum absolute atomic E-state index is 0.156. The summed E-state index contributed by atoms with van der Waals surface area (Å²) < 4.78 is 5.14. The number of carbonyl (C=O) groups is 1. The van der Waals surface area contributed by atoms with Crippen molar-refractivity contribution in [3.8, 4) is 0 Å². The van der Waals surface area contributed by atoms with E-state index in [2.05, 4.69) is 20.8 Å². The molecule has 1 saturated carbocycles. The smallest absolute Gasteiger partial charge is 0.302 e. The van der Waals surface area contributed by atoms with Crippen LogP contribution in [0.5, 0.6) is 0 Å². The molecule has 16 heavy (non-hydrogen) atoms. The van der Waals surface area contributed by atoms with Gasteiger partial charge in [-0.3, -0.25) is 4.79 Å². The van der Waals surface area contributed by atoms with Crippen molar-refractivity contribution in [2.75, 3.05) is 6.61 Å². The first-order valence-electron chi connectivity index (χ1n) is 6.60. The number of carbonyl (C=O) groups excluding carboxylic acids is 1. The van der Waals surface area contributed by atoms with Gasteiger partial charge in [0.25, 0.3) is 0 Å². The molecule has 0 aromatic rings. The van der Waals surface area contributed by atoms with Gasteiger partial charge < -0.3 is 4.74 Å². The van der Waals surface area contributed by atoms with Gasteiger partial charge in [0.15, 0.2) is 0 Å². The summed E-state index contributed by atoms with van der Waals surface area (Å²) in [5.74, 6) is 1.50. The van der Waals surface area contributed by atoms with Crippen LogP contribution in [0.25, 0.3) is 0 Å². The zero-order chi connectivity index (χ0) is 12.2. The van der Waals surface area contributed by atoms with Crippen LogP contribution in [-0.2, 0) is 9.53 Å². The molecule has 0 aromatic heterocycles. The number of ether oxygens (including phenoxy) is 1. The van der Waals surface area contributed by atoms with Crippen LogP contribution in [0.3, 0.4) is 0 Å². The van der Waals surface area contributed by atoms with Gasteiger partial charge in [0.1, 0.15) is 0 Å². The van der Waals surface area contributed by atoms with Crippen molar-refractivity contribution < 1.29 is 9.53 Å². The number of unbranched alkanes of at least 4 members (excludes halogenated alkanes) is 2. The molecule has 2 atom stereocenters. The minimum Gasteiger partial charge on any atom is -0.465 e. The molecule has 0 amide bonds. The zero-order valence-corrected chi connectivity index (χ0v) is 11.2. The van der Waals surface area contributed by atoms with E-state index < -0.39 is 0 Å². The Morgan fingerprint density at radius 3 is 2.62 bits per heavy atom. The summed E-state index contributed by atoms with van der Waals surface area (Å²) in [5.41, 5.74) is 0.169. The second-order valence-electron chi connectivity index (χ2n) is 5.87. The predicted molar refractivity (Wildman–Crippen MR) is 66.2 cm³/mol. The van der Waals surface area contributed by atoms with E-state index in [1.165, 1.54) is 39.0 Å². The standard InChI is InChI=1S/C14H26O2/c1-5-6-7-8-12-9-13(12)14(3,4)10-16-11(2)15/h12-13H,5-10H2,1-4H3. The number of esters is 1. The first-order chi connectivity index (χ1) is 7.47. The van der Waals surface area contributed by atoms with E-state index in [9.17, 15) is 4.79 Å². The van der Waals surface area contributed by atoms with Crippen LogP contribution in [0.15, 0.2) is 0 Å². The summed E-state index contributed by atoms with van der Waals surface area (Å²) in [6.45, 7) is 8.76. The fourth-order valence-corrected chi connectivity index (χ4v) is 2.57. The summed E-state index contributed by atoms with van der Waals surface area (Å²) in [4.78, 5) is 10.8. The first kappa shape index (κ1) is 13.5. The SMILES string of the molecule is CCCCCC1CC1C(C)(C)COC(C)=O. The van der Waals surface area contributed by atoms with Gasteiger partial charge in [-0.05, 0) is 18.3 Å². The number of hydrogen-bond acceptors (Lipinski definition) is 2. The molecule has 0 N–H and O–H groups in total. The van der Waals surface area contributed by atoms with Gasteiger partial charge in [0, 0.05) is 12.3 Å². The van der Waals surface area contributed by atoms with Crippen LogP contribution < -0.4 is 0 Å². The molecule has 1 aliphatic rings. The summed E-state index contributed by atoms with van der Waals surface area (Å²) in [6.07, 6.45) is 6.71. The van der Waals surface area contributed by atoms with Gasteiger partial charge in [-0.25, -0.2) is 0 Å². The molecule has 0 spiro atoms. The number of rotatable bonds is 7. The molecule has 0 heterocycles. The molecule has 2 unspecified atom stereocenters. The van der Waals surface area contributed by atoms with Crippen LogP contribution in [-0.4, -0.2) is 12.6 Å². The Morgan fingerprint density at radius 2 is 2.06 bits per heavy atom. The lowest BCUT2D eigenvalue weighted by molar-refractivity contribution is -0.144. The third-order valence-electron chi connectivity index (χ3n) is 3.75. The summed E-state index contributed by atoms with van der Waals surface area (Å²) in [5, 5.41) is 0. The summed E-state index contributed by atoms with van der Waals surface area (Å²) in [6, 6.07) is 0. The zero-order valence-electron chi connectivity index (χ0n) is 11.2. The van der Waals surface area contributed by atoms with Crippen LogP contribution >= 0.6 is 0 Å². The van der Waals surface area contributed by atoms with Crippen molar-refractivity contribution in [2.45, 2.75) is 59.8 Å². The van der Waals surface area contributed by atoms with Gasteiger partial charge in [-0.15, -0.1) is 0 Å². The third-order valence-corrected chi connectivity index (χ3v) is 3.75. The highest BCUT2D eigenvalue weighted by molar-refractivity contribution is 5.65. The molecule has 1 fully saturated rings. The van der Waals surface area contributed by atoms with Crippen molar-refractivity contribution >= 4 is 5.97 Å². The molecule has 1 rings (SSSR count). The normalized spacial score (nSPS) is 24.2. The van der Waals surface area contributed by atoms with E-state index in [0.717, 1.165) is 11.8 Å². The lowest BCUT2D eigenvalue weighted by Gasteiger charge is -2.24. The van der Waals surface area contributed by atoms with E-state index >= 15 is 0 Å². The molecule has 94 valence electrons. The van der Waals surface area contributed by atoms with Gasteiger partial charge in [0.2, 0.25) is 0 Å². The fraction of sp³-hybridized carbons (Fsp3) is 0.929. The highest BCUT2D eigenvalue weighted by Gasteiger charge is 2.47. The van der Waals surface area contributed by atoms with E-state index in [1.54, 1.807) is 0 Å². The van der Waals surface area contributed by atoms with Crippen molar-refractivity contribution in [1.29, 1.82) is 0 Å². The average molecular weight is 226 g/mol. The first-order valence-corrected chi connectivity index (χ1v) is 6.60. The highest BCUT2D eigenvalue weighted by Crippen LogP contribution is 2.53. The molecule has 0 aromatic carbocycles. The Morgan fingerprint density at radius 1 is 1.38 bits per heavy atom. The monoisotopic (exact) mass is 226 g/mol. The van der Waals surface area contributed by atoms with E-state index in [1.807, 2.05) is 0 Å². The van der Waals surface area contributed by atoms with E-state index in [-0.39, 0.29) is 11.4 Å². The molecule has 1 aliphatic carbocycles. The Hall–Kier alpha value is -0.530. The molecular formula is C14H26O2. The van der Waals surface area contributed by atoms with Gasteiger partial charge in [0.05, 0.1) is 6.61 Å². The van der Waals surface area contributed by atoms with E-state index in [4.69, 9.17) is 4.74 Å². The van der Waals surface area contributed by atoms with Crippen molar-refractivity contribution in [3.05, 3.63) is 0 Å². The molecule has 0 radical (unpaired) electrons. The van der Waals surface area contributed by atoms with E-state index in [0.29, 0.717) is 6.61 Å². The van der Waals surface area contributed by atoms with Crippen molar-refractivity contribution in [2.24, 2.45) is 17.3 Å². The lowest BCUT2D eigenvalue weighted by Crippen LogP contribution is -2.24. The van der Waals surface area contributed by atoms with Crippen LogP contribution in [0.4, 0.5) is 0 Å². The Bertz CT molecular complexity index is 233. The largest absolute Gasteiger partial charge is 0.465 e. The minimum atomic E-state index is -0.156. The Kier molecular flexibility index (Phi) is 4.82. The Labute approximate surface area is 99.8 Å². The van der Waals surface area contributed by atoms with Crippen LogP contribution in [0.1, 0.15) is 59.8 Å². The molecule has 0 aliphatic heterocycles. The van der Waals surface area contributed by atoms with Crippen molar-refractivity contribution in [3.63, 3.8) is 0 Å². The quantitative estimate of drug-likeness (QED) is 0.487. The predicted octanol–water partition coefficient (Wildman–Crippen LogP) is 3.79. The summed E-state index contributed by atoms with van der Waals surface area (Å²) in [7, 11) is 0. The van der Waals surface area contributed by atoms with Crippen LogP contribution in [0.2, 0.25) is 0 Å². The molecule has 2 heteroatoms. The van der Waals surface area contributed by atoms with Gasteiger partial charge in [-0.2, -0.15) is 0 Å². The molecular weight excluding hydrogens is 200 g/mol. The van der Waals surface area contributed by atoms with Crippen LogP contribution in [0, 0.1) is 17.3 Å². The second kappa shape index (κ2) is 5.70. The molecule has 0 bridgehead atoms. The fourth-order valence-electron chi connectivity index (χ4n) is 2.57. The maximum absolute atomic E-state index is 10.8. The number of hydrogen-bond donors (Lipinski definition) is 0. The second-order valence-corrected chi connectivity index (χ2v) is 5.87. The van der Waals surface area contributed by atoms with Crippen molar-refractivity contribution in [1.82, 2.24) is 0 Å². The average Bonchev–Trinajstić information content (AvgIpc) is 2.96. The molecule has 0 saturated heterocycles. The van der Waals surface area contributed by atoms with Gasteiger partial charge in [-0.1, -0.05) is 46.5 Å².